The highest BCUT2D eigenvalue weighted by atomic mass is 79.9. The van der Waals surface area contributed by atoms with Gasteiger partial charge in [-0.1, -0.05) is 15.9 Å². The van der Waals surface area contributed by atoms with Gasteiger partial charge in [-0.3, -0.25) is 0 Å². The zero-order valence-corrected chi connectivity index (χ0v) is 11.4. The summed E-state index contributed by atoms with van der Waals surface area (Å²) in [4.78, 5) is 0. The second kappa shape index (κ2) is 6.40. The lowest BCUT2D eigenvalue weighted by Crippen LogP contribution is -2.12. The predicted molar refractivity (Wildman–Crippen MR) is 70.6 cm³/mol. The maximum atomic E-state index is 6.11. The van der Waals surface area contributed by atoms with Gasteiger partial charge >= 0.3 is 0 Å². The molecular formula is C11H16BrNOS. The van der Waals surface area contributed by atoms with Crippen molar-refractivity contribution in [3.63, 3.8) is 0 Å². The second-order valence-corrected chi connectivity index (χ2v) is 5.18. The molecule has 1 rings (SSSR count). The van der Waals surface area contributed by atoms with Crippen molar-refractivity contribution in [3.05, 3.63) is 28.2 Å². The molecule has 0 spiro atoms. The molecule has 0 aromatic heterocycles. The van der Waals surface area contributed by atoms with E-state index in [4.69, 9.17) is 10.5 Å². The van der Waals surface area contributed by atoms with Gasteiger partial charge in [0, 0.05) is 16.1 Å². The molecule has 1 aromatic rings. The summed E-state index contributed by atoms with van der Waals surface area (Å²) in [6.07, 6.45) is 3.05. The van der Waals surface area contributed by atoms with Gasteiger partial charge in [-0.05, 0) is 36.6 Å². The van der Waals surface area contributed by atoms with Gasteiger partial charge in [-0.15, -0.1) is 0 Å². The molecule has 0 aliphatic heterocycles. The van der Waals surface area contributed by atoms with Crippen LogP contribution in [0.1, 0.15) is 18.0 Å². The first-order chi connectivity index (χ1) is 7.19. The molecule has 15 heavy (non-hydrogen) atoms. The number of benzene rings is 1. The molecule has 1 aromatic carbocycles. The van der Waals surface area contributed by atoms with Crippen molar-refractivity contribution < 1.29 is 4.74 Å². The number of hydrogen-bond acceptors (Lipinski definition) is 3. The Labute approximate surface area is 104 Å². The van der Waals surface area contributed by atoms with Gasteiger partial charge in [-0.2, -0.15) is 11.8 Å². The molecule has 1 unspecified atom stereocenters. The van der Waals surface area contributed by atoms with Crippen LogP contribution in [0.4, 0.5) is 0 Å². The Kier molecular flexibility index (Phi) is 5.50. The van der Waals surface area contributed by atoms with Crippen LogP contribution >= 0.6 is 27.7 Å². The van der Waals surface area contributed by atoms with Crippen molar-refractivity contribution in [1.29, 1.82) is 0 Å². The number of nitrogens with two attached hydrogens (primary N) is 1. The molecule has 0 aliphatic rings. The van der Waals surface area contributed by atoms with E-state index in [9.17, 15) is 0 Å². The van der Waals surface area contributed by atoms with E-state index in [1.54, 1.807) is 7.11 Å². The van der Waals surface area contributed by atoms with Gasteiger partial charge < -0.3 is 10.5 Å². The van der Waals surface area contributed by atoms with Gasteiger partial charge in [0.2, 0.25) is 0 Å². The fraction of sp³-hybridized carbons (Fsp3) is 0.455. The number of halogens is 1. The van der Waals surface area contributed by atoms with Crippen molar-refractivity contribution >= 4 is 27.7 Å². The van der Waals surface area contributed by atoms with Crippen LogP contribution in [-0.2, 0) is 0 Å². The maximum Gasteiger partial charge on any atom is 0.123 e. The average Bonchev–Trinajstić information content (AvgIpc) is 2.25. The third-order valence-corrected chi connectivity index (χ3v) is 3.36. The van der Waals surface area contributed by atoms with E-state index in [1.165, 1.54) is 0 Å². The molecule has 0 heterocycles. The van der Waals surface area contributed by atoms with Crippen molar-refractivity contribution in [3.8, 4) is 5.75 Å². The normalized spacial score (nSPS) is 12.5. The highest BCUT2D eigenvalue weighted by Crippen LogP contribution is 2.29. The molecule has 2 nitrogen and oxygen atoms in total. The van der Waals surface area contributed by atoms with E-state index in [0.717, 1.165) is 28.0 Å². The van der Waals surface area contributed by atoms with Crippen molar-refractivity contribution in [1.82, 2.24) is 0 Å². The Morgan fingerprint density at radius 1 is 1.53 bits per heavy atom. The summed E-state index contributed by atoms with van der Waals surface area (Å²) >= 11 is 5.26. The van der Waals surface area contributed by atoms with Crippen LogP contribution in [0.3, 0.4) is 0 Å². The topological polar surface area (TPSA) is 35.2 Å². The zero-order chi connectivity index (χ0) is 11.3. The number of thioether (sulfide) groups is 1. The van der Waals surface area contributed by atoms with E-state index >= 15 is 0 Å². The fourth-order valence-corrected chi connectivity index (χ4v) is 2.26. The van der Waals surface area contributed by atoms with E-state index < -0.39 is 0 Å². The Hall–Kier alpha value is -0.190. The van der Waals surface area contributed by atoms with Crippen molar-refractivity contribution in [2.75, 3.05) is 19.1 Å². The summed E-state index contributed by atoms with van der Waals surface area (Å²) in [5, 5.41) is 0. The van der Waals surface area contributed by atoms with E-state index in [0.29, 0.717) is 0 Å². The minimum Gasteiger partial charge on any atom is -0.496 e. The predicted octanol–water partition coefficient (Wildman–Crippen LogP) is 3.21. The Morgan fingerprint density at radius 2 is 2.27 bits per heavy atom. The first-order valence-corrected chi connectivity index (χ1v) is 6.95. The van der Waals surface area contributed by atoms with Gasteiger partial charge in [0.1, 0.15) is 5.75 Å². The van der Waals surface area contributed by atoms with Crippen LogP contribution in [0.25, 0.3) is 0 Å². The lowest BCUT2D eigenvalue weighted by molar-refractivity contribution is 0.405. The van der Waals surface area contributed by atoms with Gasteiger partial charge in [-0.25, -0.2) is 0 Å². The summed E-state index contributed by atoms with van der Waals surface area (Å²) in [6, 6.07) is 5.98. The Morgan fingerprint density at radius 3 is 2.87 bits per heavy atom. The molecule has 4 heteroatoms. The maximum absolute atomic E-state index is 6.11. The number of methoxy groups -OCH3 is 1. The zero-order valence-electron chi connectivity index (χ0n) is 9.00. The van der Waals surface area contributed by atoms with Crippen LogP contribution in [0.5, 0.6) is 5.75 Å². The smallest absolute Gasteiger partial charge is 0.123 e. The first-order valence-electron chi connectivity index (χ1n) is 4.77. The van der Waals surface area contributed by atoms with E-state index in [1.807, 2.05) is 30.0 Å². The average molecular weight is 290 g/mol. The summed E-state index contributed by atoms with van der Waals surface area (Å²) < 4.78 is 6.33. The highest BCUT2D eigenvalue weighted by molar-refractivity contribution is 9.10. The summed E-state index contributed by atoms with van der Waals surface area (Å²) in [6.45, 7) is 0. The molecule has 0 bridgehead atoms. The summed E-state index contributed by atoms with van der Waals surface area (Å²) in [5.41, 5.74) is 7.18. The number of ether oxygens (including phenoxy) is 1. The van der Waals surface area contributed by atoms with Gasteiger partial charge in [0.05, 0.1) is 7.11 Å². The van der Waals surface area contributed by atoms with E-state index in [2.05, 4.69) is 22.2 Å². The lowest BCUT2D eigenvalue weighted by Gasteiger charge is -2.15. The van der Waals surface area contributed by atoms with Crippen LogP contribution in [0.2, 0.25) is 0 Å². The van der Waals surface area contributed by atoms with Crippen molar-refractivity contribution in [2.45, 2.75) is 12.5 Å². The van der Waals surface area contributed by atoms with Crippen LogP contribution in [0, 0.1) is 0 Å². The summed E-state index contributed by atoms with van der Waals surface area (Å²) in [7, 11) is 1.67. The van der Waals surface area contributed by atoms with Crippen molar-refractivity contribution in [2.24, 2.45) is 5.73 Å². The second-order valence-electron chi connectivity index (χ2n) is 3.27. The quantitative estimate of drug-likeness (QED) is 0.904. The van der Waals surface area contributed by atoms with Crippen LogP contribution < -0.4 is 10.5 Å². The molecule has 0 saturated heterocycles. The van der Waals surface area contributed by atoms with Crippen LogP contribution in [-0.4, -0.2) is 19.1 Å². The minimum atomic E-state index is 0.0462. The molecule has 0 radical (unpaired) electrons. The minimum absolute atomic E-state index is 0.0462. The van der Waals surface area contributed by atoms with Gasteiger partial charge in [0.15, 0.2) is 0 Å². The monoisotopic (exact) mass is 289 g/mol. The molecule has 0 aliphatic carbocycles. The Balaban J connectivity index is 2.85. The van der Waals surface area contributed by atoms with E-state index in [-0.39, 0.29) is 6.04 Å². The molecule has 2 N–H and O–H groups in total. The van der Waals surface area contributed by atoms with Crippen LogP contribution in [0.15, 0.2) is 22.7 Å². The largest absolute Gasteiger partial charge is 0.496 e. The van der Waals surface area contributed by atoms with Gasteiger partial charge in [0.25, 0.3) is 0 Å². The molecule has 84 valence electrons. The molecular weight excluding hydrogens is 274 g/mol. The molecule has 0 saturated carbocycles. The number of hydrogen-bond donors (Lipinski definition) is 1. The summed E-state index contributed by atoms with van der Waals surface area (Å²) in [5.74, 6) is 1.93. The Bertz CT molecular complexity index is 319. The third-order valence-electron chi connectivity index (χ3n) is 2.22. The lowest BCUT2D eigenvalue weighted by atomic mass is 10.0. The molecule has 0 amide bonds. The fourth-order valence-electron chi connectivity index (χ4n) is 1.40. The SMILES string of the molecule is COc1ccc(Br)cc1C(N)CCSC. The standard InChI is InChI=1S/C11H16BrNOS/c1-14-11-4-3-8(12)7-9(11)10(13)5-6-15-2/h3-4,7,10H,5-6,13H2,1-2H3. The first kappa shape index (κ1) is 12.9. The number of rotatable bonds is 5. The third kappa shape index (κ3) is 3.70. The highest BCUT2D eigenvalue weighted by Gasteiger charge is 2.11. The molecule has 1 atom stereocenters. The molecule has 0 fully saturated rings.